The Balaban J connectivity index is 1.80. The number of hydrogen-bond donors (Lipinski definition) is 2. The van der Waals surface area contributed by atoms with Gasteiger partial charge in [0.05, 0.1) is 4.90 Å². The SMILES string of the molecule is CCCCCCCCC(=O)OC(C)c1ccc(S(=O)(=O)NC(=O)NC2CCCCC2)cc1. The molecular formula is C24H38N2O5S. The highest BCUT2D eigenvalue weighted by molar-refractivity contribution is 7.90. The van der Waals surface area contributed by atoms with Crippen molar-refractivity contribution in [2.24, 2.45) is 0 Å². The van der Waals surface area contributed by atoms with Crippen molar-refractivity contribution in [1.82, 2.24) is 10.0 Å². The third-order valence-corrected chi connectivity index (χ3v) is 7.22. The van der Waals surface area contributed by atoms with Gasteiger partial charge in [0.1, 0.15) is 6.10 Å². The van der Waals surface area contributed by atoms with Crippen LogP contribution in [0.1, 0.15) is 103 Å². The summed E-state index contributed by atoms with van der Waals surface area (Å²) >= 11 is 0. The number of rotatable bonds is 12. The van der Waals surface area contributed by atoms with Gasteiger partial charge in [-0.05, 0) is 43.9 Å². The zero-order chi connectivity index (χ0) is 23.4. The van der Waals surface area contributed by atoms with Crippen molar-refractivity contribution in [3.05, 3.63) is 29.8 Å². The average Bonchev–Trinajstić information content (AvgIpc) is 2.76. The molecule has 1 aromatic rings. The number of amides is 2. The van der Waals surface area contributed by atoms with E-state index < -0.39 is 22.2 Å². The lowest BCUT2D eigenvalue weighted by molar-refractivity contribution is -0.148. The quantitative estimate of drug-likeness (QED) is 0.319. The van der Waals surface area contributed by atoms with Crippen LogP contribution in [0.3, 0.4) is 0 Å². The van der Waals surface area contributed by atoms with Crippen LogP contribution in [-0.4, -0.2) is 26.5 Å². The van der Waals surface area contributed by atoms with Gasteiger partial charge < -0.3 is 10.1 Å². The lowest BCUT2D eigenvalue weighted by Gasteiger charge is -2.22. The number of unbranched alkanes of at least 4 members (excludes halogenated alkanes) is 5. The van der Waals surface area contributed by atoms with E-state index in [2.05, 4.69) is 17.0 Å². The second-order valence-electron chi connectivity index (χ2n) is 8.63. The second kappa shape index (κ2) is 13.5. The predicted octanol–water partition coefficient (Wildman–Crippen LogP) is 5.36. The number of carbonyl (C=O) groups excluding carboxylic acids is 2. The van der Waals surface area contributed by atoms with Crippen molar-refractivity contribution in [3.8, 4) is 0 Å². The maximum atomic E-state index is 12.5. The molecule has 2 N–H and O–H groups in total. The van der Waals surface area contributed by atoms with Gasteiger partial charge in [-0.2, -0.15) is 0 Å². The van der Waals surface area contributed by atoms with Crippen LogP contribution in [0.15, 0.2) is 29.2 Å². The summed E-state index contributed by atoms with van der Waals surface area (Å²) in [5.74, 6) is -0.245. The molecule has 0 saturated heterocycles. The number of benzene rings is 1. The molecule has 1 aromatic carbocycles. The first-order valence-corrected chi connectivity index (χ1v) is 13.4. The maximum absolute atomic E-state index is 12.5. The Morgan fingerprint density at radius 1 is 1.00 bits per heavy atom. The van der Waals surface area contributed by atoms with E-state index in [0.717, 1.165) is 51.4 Å². The van der Waals surface area contributed by atoms with Gasteiger partial charge in [-0.15, -0.1) is 0 Å². The van der Waals surface area contributed by atoms with Crippen molar-refractivity contribution in [2.75, 3.05) is 0 Å². The molecule has 1 aliphatic rings. The molecule has 2 amide bonds. The number of hydrogen-bond acceptors (Lipinski definition) is 5. The Kier molecular flexibility index (Phi) is 11.0. The monoisotopic (exact) mass is 466 g/mol. The summed E-state index contributed by atoms with van der Waals surface area (Å²) < 4.78 is 32.5. The third-order valence-electron chi connectivity index (χ3n) is 5.87. The predicted molar refractivity (Wildman–Crippen MR) is 125 cm³/mol. The molecular weight excluding hydrogens is 428 g/mol. The molecule has 1 fully saturated rings. The molecule has 7 nitrogen and oxygen atoms in total. The van der Waals surface area contributed by atoms with Gasteiger partial charge >= 0.3 is 12.0 Å². The Bertz CT molecular complexity index is 817. The molecule has 180 valence electrons. The van der Waals surface area contributed by atoms with Gasteiger partial charge in [0, 0.05) is 12.5 Å². The Morgan fingerprint density at radius 2 is 1.62 bits per heavy atom. The lowest BCUT2D eigenvalue weighted by atomic mass is 9.96. The van der Waals surface area contributed by atoms with E-state index in [1.807, 2.05) is 0 Å². The molecule has 0 radical (unpaired) electrons. The number of urea groups is 1. The zero-order valence-corrected chi connectivity index (χ0v) is 20.2. The summed E-state index contributed by atoms with van der Waals surface area (Å²) in [5, 5.41) is 2.74. The molecule has 0 aromatic heterocycles. The highest BCUT2D eigenvalue weighted by Crippen LogP contribution is 2.21. The standard InChI is InChI=1S/C24H38N2O5S/c1-3-4-5-6-7-11-14-23(27)31-19(2)20-15-17-22(18-16-20)32(29,30)26-24(28)25-21-12-9-8-10-13-21/h15-19,21H,3-14H2,1-2H3,(H2,25,26,28). The van der Waals surface area contributed by atoms with Gasteiger partial charge in [0.15, 0.2) is 0 Å². The van der Waals surface area contributed by atoms with E-state index in [1.54, 1.807) is 19.1 Å². The number of carbonyl (C=O) groups is 2. The number of sulfonamides is 1. The number of nitrogens with one attached hydrogen (secondary N) is 2. The third kappa shape index (κ3) is 9.18. The first kappa shape index (κ1) is 26.2. The molecule has 1 atom stereocenters. The summed E-state index contributed by atoms with van der Waals surface area (Å²) in [6.07, 6.45) is 11.5. The molecule has 1 aliphatic carbocycles. The summed E-state index contributed by atoms with van der Waals surface area (Å²) in [7, 11) is -3.97. The lowest BCUT2D eigenvalue weighted by Crippen LogP contribution is -2.45. The minimum absolute atomic E-state index is 0.00866. The van der Waals surface area contributed by atoms with Crippen LogP contribution in [0.5, 0.6) is 0 Å². The fourth-order valence-electron chi connectivity index (χ4n) is 3.93. The van der Waals surface area contributed by atoms with Crippen molar-refractivity contribution in [3.63, 3.8) is 0 Å². The van der Waals surface area contributed by atoms with Gasteiger partial charge in [0.2, 0.25) is 0 Å². The maximum Gasteiger partial charge on any atom is 0.328 e. The van der Waals surface area contributed by atoms with E-state index >= 15 is 0 Å². The first-order chi connectivity index (χ1) is 15.3. The molecule has 0 spiro atoms. The molecule has 1 saturated carbocycles. The van der Waals surface area contributed by atoms with Gasteiger partial charge in [-0.1, -0.05) is 70.4 Å². The van der Waals surface area contributed by atoms with Crippen LogP contribution in [0, 0.1) is 0 Å². The highest BCUT2D eigenvalue weighted by atomic mass is 32.2. The number of ether oxygens (including phenoxy) is 1. The Hall–Kier alpha value is -2.09. The molecule has 32 heavy (non-hydrogen) atoms. The van der Waals surface area contributed by atoms with Crippen LogP contribution in [0.2, 0.25) is 0 Å². The molecule has 2 rings (SSSR count). The minimum Gasteiger partial charge on any atom is -0.458 e. The van der Waals surface area contributed by atoms with Crippen LogP contribution < -0.4 is 10.0 Å². The number of esters is 1. The summed E-state index contributed by atoms with van der Waals surface area (Å²) in [4.78, 5) is 24.1. The largest absolute Gasteiger partial charge is 0.458 e. The van der Waals surface area contributed by atoms with Crippen molar-refractivity contribution >= 4 is 22.0 Å². The zero-order valence-electron chi connectivity index (χ0n) is 19.4. The normalized spacial score (nSPS) is 15.7. The molecule has 0 bridgehead atoms. The average molecular weight is 467 g/mol. The van der Waals surface area contributed by atoms with Crippen molar-refractivity contribution in [1.29, 1.82) is 0 Å². The molecule has 0 heterocycles. The fraction of sp³-hybridized carbons (Fsp3) is 0.667. The highest BCUT2D eigenvalue weighted by Gasteiger charge is 2.21. The Morgan fingerprint density at radius 3 is 2.28 bits per heavy atom. The van der Waals surface area contributed by atoms with Crippen LogP contribution in [-0.2, 0) is 19.6 Å². The van der Waals surface area contributed by atoms with Gasteiger partial charge in [-0.3, -0.25) is 4.79 Å². The smallest absolute Gasteiger partial charge is 0.328 e. The van der Waals surface area contributed by atoms with Crippen LogP contribution in [0.25, 0.3) is 0 Å². The van der Waals surface area contributed by atoms with Crippen molar-refractivity contribution < 1.29 is 22.7 Å². The van der Waals surface area contributed by atoms with E-state index in [0.29, 0.717) is 12.0 Å². The van der Waals surface area contributed by atoms with E-state index in [4.69, 9.17) is 4.74 Å². The molecule has 8 heteroatoms. The summed E-state index contributed by atoms with van der Waals surface area (Å²) in [5.41, 5.74) is 0.701. The van der Waals surface area contributed by atoms with E-state index in [-0.39, 0.29) is 16.9 Å². The fourth-order valence-corrected chi connectivity index (χ4v) is 4.85. The first-order valence-electron chi connectivity index (χ1n) is 11.9. The topological polar surface area (TPSA) is 102 Å². The minimum atomic E-state index is -3.97. The van der Waals surface area contributed by atoms with E-state index in [1.165, 1.54) is 31.4 Å². The van der Waals surface area contributed by atoms with Gasteiger partial charge in [0.25, 0.3) is 10.0 Å². The van der Waals surface area contributed by atoms with Gasteiger partial charge in [-0.25, -0.2) is 17.9 Å². The van der Waals surface area contributed by atoms with E-state index in [9.17, 15) is 18.0 Å². The second-order valence-corrected chi connectivity index (χ2v) is 10.3. The summed E-state index contributed by atoms with van der Waals surface area (Å²) in [6.45, 7) is 3.94. The summed E-state index contributed by atoms with van der Waals surface area (Å²) in [6, 6.07) is 5.38. The van der Waals surface area contributed by atoms with Crippen molar-refractivity contribution in [2.45, 2.75) is 108 Å². The molecule has 0 aliphatic heterocycles. The van der Waals surface area contributed by atoms with Crippen LogP contribution in [0.4, 0.5) is 4.79 Å². The Labute approximate surface area is 192 Å². The van der Waals surface area contributed by atoms with Crippen LogP contribution >= 0.6 is 0 Å². The molecule has 1 unspecified atom stereocenters.